The van der Waals surface area contributed by atoms with Crippen LogP contribution < -0.4 is 5.32 Å². The Morgan fingerprint density at radius 2 is 1.83 bits per heavy atom. The molecule has 0 aliphatic carbocycles. The van der Waals surface area contributed by atoms with E-state index in [2.05, 4.69) is 22.1 Å². The highest BCUT2D eigenvalue weighted by atomic mass is 127. The number of nitrogens with zero attached hydrogens (tertiary/aromatic N) is 3. The van der Waals surface area contributed by atoms with E-state index < -0.39 is 9.84 Å². The summed E-state index contributed by atoms with van der Waals surface area (Å²) in [7, 11) is -2.85. The number of halogens is 1. The molecule has 0 spiro atoms. The molecule has 2 heterocycles. The highest BCUT2D eigenvalue weighted by Gasteiger charge is 2.28. The van der Waals surface area contributed by atoms with Gasteiger partial charge < -0.3 is 15.1 Å². The van der Waals surface area contributed by atoms with Crippen LogP contribution in [0.4, 0.5) is 0 Å². The molecule has 0 saturated carbocycles. The van der Waals surface area contributed by atoms with E-state index in [1.54, 1.807) is 6.92 Å². The monoisotopic (exact) mass is 472 g/mol. The van der Waals surface area contributed by atoms with Crippen LogP contribution in [-0.2, 0) is 14.6 Å². The fourth-order valence-electron chi connectivity index (χ4n) is 2.97. The highest BCUT2D eigenvalue weighted by molar-refractivity contribution is 14.0. The summed E-state index contributed by atoms with van der Waals surface area (Å²) in [6.45, 7) is 8.03. The van der Waals surface area contributed by atoms with Crippen molar-refractivity contribution in [3.8, 4) is 0 Å². The number of aliphatic imine (C=N–C) groups is 1. The Balaban J connectivity index is 0.00000288. The number of carbonyl (C=O) groups is 1. The van der Waals surface area contributed by atoms with Crippen molar-refractivity contribution in [1.29, 1.82) is 0 Å². The fraction of sp³-hybridized carbons (Fsp3) is 0.867. The molecule has 7 nitrogen and oxygen atoms in total. The van der Waals surface area contributed by atoms with Crippen molar-refractivity contribution in [2.24, 2.45) is 10.9 Å². The minimum Gasteiger partial charge on any atom is -0.356 e. The SMILES string of the molecule is CCCNC(=NCC1CCS(=O)(=O)C1)N1CCN(C(C)=O)CC1.I. The Labute approximate surface area is 162 Å². The van der Waals surface area contributed by atoms with E-state index >= 15 is 0 Å². The van der Waals surface area contributed by atoms with Crippen LogP contribution in [0.5, 0.6) is 0 Å². The molecule has 2 rings (SSSR count). The maximum atomic E-state index is 11.5. The Morgan fingerprint density at radius 1 is 1.21 bits per heavy atom. The predicted molar refractivity (Wildman–Crippen MR) is 107 cm³/mol. The smallest absolute Gasteiger partial charge is 0.219 e. The molecule has 0 bridgehead atoms. The molecule has 140 valence electrons. The molecule has 2 aliphatic rings. The molecular formula is C15H29IN4O3S. The third-order valence-corrected chi connectivity index (χ3v) is 6.22. The maximum Gasteiger partial charge on any atom is 0.219 e. The van der Waals surface area contributed by atoms with Gasteiger partial charge in [-0.25, -0.2) is 8.42 Å². The van der Waals surface area contributed by atoms with Crippen LogP contribution in [0.25, 0.3) is 0 Å². The van der Waals surface area contributed by atoms with Gasteiger partial charge in [-0.15, -0.1) is 24.0 Å². The molecule has 2 aliphatic heterocycles. The van der Waals surface area contributed by atoms with E-state index in [4.69, 9.17) is 0 Å². The summed E-state index contributed by atoms with van der Waals surface area (Å²) in [5, 5.41) is 3.35. The lowest BCUT2D eigenvalue weighted by molar-refractivity contribution is -0.130. The molecule has 0 radical (unpaired) electrons. The van der Waals surface area contributed by atoms with E-state index in [-0.39, 0.29) is 41.6 Å². The summed E-state index contributed by atoms with van der Waals surface area (Å²) in [4.78, 5) is 20.1. The lowest BCUT2D eigenvalue weighted by atomic mass is 10.1. The summed E-state index contributed by atoms with van der Waals surface area (Å²) in [5.41, 5.74) is 0. The Hall–Kier alpha value is -0.580. The largest absolute Gasteiger partial charge is 0.356 e. The minimum atomic E-state index is -2.85. The number of sulfone groups is 1. The van der Waals surface area contributed by atoms with Crippen LogP contribution >= 0.6 is 24.0 Å². The Morgan fingerprint density at radius 3 is 2.33 bits per heavy atom. The minimum absolute atomic E-state index is 0. The number of carbonyl (C=O) groups excluding carboxylic acids is 1. The van der Waals surface area contributed by atoms with E-state index in [1.807, 2.05) is 4.90 Å². The summed E-state index contributed by atoms with van der Waals surface area (Å²) in [6, 6.07) is 0. The molecular weight excluding hydrogens is 443 g/mol. The van der Waals surface area contributed by atoms with Crippen LogP contribution in [0, 0.1) is 5.92 Å². The summed E-state index contributed by atoms with van der Waals surface area (Å²) in [6.07, 6.45) is 1.72. The quantitative estimate of drug-likeness (QED) is 0.368. The fourth-order valence-corrected chi connectivity index (χ4v) is 4.82. The van der Waals surface area contributed by atoms with E-state index in [0.717, 1.165) is 32.0 Å². The number of piperazine rings is 1. The normalized spacial score (nSPS) is 23.8. The van der Waals surface area contributed by atoms with E-state index in [9.17, 15) is 13.2 Å². The van der Waals surface area contributed by atoms with Gasteiger partial charge in [-0.2, -0.15) is 0 Å². The van der Waals surface area contributed by atoms with Crippen molar-refractivity contribution in [1.82, 2.24) is 15.1 Å². The van der Waals surface area contributed by atoms with Crippen LogP contribution in [0.3, 0.4) is 0 Å². The van der Waals surface area contributed by atoms with Crippen molar-refractivity contribution in [3.05, 3.63) is 0 Å². The molecule has 1 amide bonds. The van der Waals surface area contributed by atoms with Gasteiger partial charge in [-0.1, -0.05) is 6.92 Å². The molecule has 1 N–H and O–H groups in total. The number of hydrogen-bond acceptors (Lipinski definition) is 4. The van der Waals surface area contributed by atoms with Crippen molar-refractivity contribution < 1.29 is 13.2 Å². The molecule has 0 aromatic heterocycles. The van der Waals surface area contributed by atoms with E-state index in [0.29, 0.717) is 31.8 Å². The highest BCUT2D eigenvalue weighted by Crippen LogP contribution is 2.18. The van der Waals surface area contributed by atoms with Gasteiger partial charge in [0, 0.05) is 46.2 Å². The zero-order valence-corrected chi connectivity index (χ0v) is 17.7. The van der Waals surface area contributed by atoms with Crippen LogP contribution in [0.15, 0.2) is 4.99 Å². The average Bonchev–Trinajstić information content (AvgIpc) is 2.87. The van der Waals surface area contributed by atoms with Gasteiger partial charge in [-0.05, 0) is 18.8 Å². The lowest BCUT2D eigenvalue weighted by Gasteiger charge is -2.36. The second kappa shape index (κ2) is 9.79. The molecule has 9 heteroatoms. The van der Waals surface area contributed by atoms with Crippen molar-refractivity contribution >= 4 is 45.7 Å². The number of rotatable bonds is 4. The topological polar surface area (TPSA) is 82.1 Å². The van der Waals surface area contributed by atoms with Crippen molar-refractivity contribution in [2.75, 3.05) is 50.8 Å². The van der Waals surface area contributed by atoms with Gasteiger partial charge in [-0.3, -0.25) is 9.79 Å². The van der Waals surface area contributed by atoms with Crippen molar-refractivity contribution in [2.45, 2.75) is 26.7 Å². The van der Waals surface area contributed by atoms with E-state index in [1.165, 1.54) is 0 Å². The average molecular weight is 472 g/mol. The Bertz CT molecular complexity index is 545. The molecule has 1 atom stereocenters. The third kappa shape index (κ3) is 6.38. The molecule has 0 aromatic carbocycles. The van der Waals surface area contributed by atoms with Gasteiger partial charge in [0.15, 0.2) is 15.8 Å². The zero-order valence-electron chi connectivity index (χ0n) is 14.5. The number of nitrogens with one attached hydrogen (secondary N) is 1. The summed E-state index contributed by atoms with van der Waals surface area (Å²) < 4.78 is 23.1. The molecule has 24 heavy (non-hydrogen) atoms. The summed E-state index contributed by atoms with van der Waals surface area (Å²) in [5.74, 6) is 1.65. The van der Waals surface area contributed by atoms with Gasteiger partial charge in [0.1, 0.15) is 0 Å². The zero-order chi connectivity index (χ0) is 16.9. The molecule has 1 unspecified atom stereocenters. The lowest BCUT2D eigenvalue weighted by Crippen LogP contribution is -2.53. The Kier molecular flexibility index (Phi) is 8.75. The summed E-state index contributed by atoms with van der Waals surface area (Å²) >= 11 is 0. The second-order valence-corrected chi connectivity index (χ2v) is 8.58. The number of hydrogen-bond donors (Lipinski definition) is 1. The number of guanidine groups is 1. The molecule has 0 aromatic rings. The van der Waals surface area contributed by atoms with Gasteiger partial charge in [0.25, 0.3) is 0 Å². The van der Waals surface area contributed by atoms with Gasteiger partial charge >= 0.3 is 0 Å². The van der Waals surface area contributed by atoms with Crippen molar-refractivity contribution in [3.63, 3.8) is 0 Å². The maximum absolute atomic E-state index is 11.5. The van der Waals surface area contributed by atoms with Gasteiger partial charge in [0.2, 0.25) is 5.91 Å². The standard InChI is InChI=1S/C15H28N4O3S.HI/c1-3-5-16-15(17-11-14-4-10-23(21,22)12-14)19-8-6-18(7-9-19)13(2)20;/h14H,3-12H2,1-2H3,(H,16,17);1H. The van der Waals surface area contributed by atoms with Crippen LogP contribution in [0.2, 0.25) is 0 Å². The first kappa shape index (κ1) is 21.5. The first-order valence-corrected chi connectivity index (χ1v) is 10.2. The van der Waals surface area contributed by atoms with Crippen LogP contribution in [0.1, 0.15) is 26.7 Å². The first-order chi connectivity index (χ1) is 10.9. The molecule has 2 saturated heterocycles. The predicted octanol–water partition coefficient (Wildman–Crippen LogP) is 0.559. The second-order valence-electron chi connectivity index (χ2n) is 6.35. The third-order valence-electron chi connectivity index (χ3n) is 4.38. The number of amides is 1. The first-order valence-electron chi connectivity index (χ1n) is 8.40. The van der Waals surface area contributed by atoms with Gasteiger partial charge in [0.05, 0.1) is 11.5 Å². The van der Waals surface area contributed by atoms with Crippen LogP contribution in [-0.4, -0.2) is 80.9 Å². The molecule has 2 fully saturated rings.